The van der Waals surface area contributed by atoms with Gasteiger partial charge >= 0.3 is 6.09 Å². The highest BCUT2D eigenvalue weighted by molar-refractivity contribution is 5.80. The van der Waals surface area contributed by atoms with Crippen molar-refractivity contribution in [2.24, 2.45) is 16.7 Å². The first-order valence-electron chi connectivity index (χ1n) is 15.1. The van der Waals surface area contributed by atoms with Crippen molar-refractivity contribution in [1.29, 1.82) is 0 Å². The highest BCUT2D eigenvalue weighted by atomic mass is 16.5. The van der Waals surface area contributed by atoms with Gasteiger partial charge in [-0.25, -0.2) is 14.8 Å². The van der Waals surface area contributed by atoms with Crippen LogP contribution >= 0.6 is 0 Å². The van der Waals surface area contributed by atoms with E-state index in [1.807, 2.05) is 12.4 Å². The third kappa shape index (κ3) is 8.15. The standard InChI is InChI=1S/C35H46N6O3/c1-21(22(2)38-33(43)44-9)32(42)41-30(35(6,7)8)31-37-20-28(40-31)26-16-12-24(13-17-26)23-10-14-25(15-11-23)27-19-36-29(39-27)18-34(3,4)5/h10-17,19-22,30H,18H2,1-9H3,(H,36,39)(H,37,40)(H,38,43)(H,41,42). The quantitative estimate of drug-likeness (QED) is 0.161. The molecular formula is C35H46N6O3. The van der Waals surface area contributed by atoms with Crippen LogP contribution in [0.15, 0.2) is 60.9 Å². The lowest BCUT2D eigenvalue weighted by molar-refractivity contribution is -0.126. The maximum absolute atomic E-state index is 13.1. The number of carbonyl (C=O) groups excluding carboxylic acids is 2. The van der Waals surface area contributed by atoms with Crippen molar-refractivity contribution in [3.63, 3.8) is 0 Å². The Hall–Kier alpha value is -4.40. The molecule has 0 aliphatic rings. The number of nitrogens with zero attached hydrogens (tertiary/aromatic N) is 2. The number of aromatic amines is 2. The molecule has 0 aliphatic carbocycles. The summed E-state index contributed by atoms with van der Waals surface area (Å²) >= 11 is 0. The molecule has 2 amide bonds. The Morgan fingerprint density at radius 1 is 0.773 bits per heavy atom. The lowest BCUT2D eigenvalue weighted by atomic mass is 9.85. The fraction of sp³-hybridized carbons (Fsp3) is 0.429. The molecular weight excluding hydrogens is 552 g/mol. The van der Waals surface area contributed by atoms with E-state index in [4.69, 9.17) is 9.97 Å². The second-order valence-electron chi connectivity index (χ2n) is 13.8. The monoisotopic (exact) mass is 598 g/mol. The van der Waals surface area contributed by atoms with Crippen molar-refractivity contribution in [3.05, 3.63) is 72.6 Å². The molecule has 3 atom stereocenters. The van der Waals surface area contributed by atoms with Gasteiger partial charge in [0.05, 0.1) is 30.5 Å². The minimum atomic E-state index is -0.567. The number of carbonyl (C=O) groups is 2. The first-order chi connectivity index (χ1) is 20.6. The molecule has 9 heteroatoms. The minimum absolute atomic E-state index is 0.177. The first-order valence-corrected chi connectivity index (χ1v) is 15.1. The summed E-state index contributed by atoms with van der Waals surface area (Å²) in [4.78, 5) is 41.0. The predicted molar refractivity (Wildman–Crippen MR) is 175 cm³/mol. The highest BCUT2D eigenvalue weighted by Gasteiger charge is 2.33. The Labute approximate surface area is 260 Å². The second-order valence-corrected chi connectivity index (χ2v) is 13.8. The fourth-order valence-corrected chi connectivity index (χ4v) is 4.97. The van der Waals surface area contributed by atoms with Gasteiger partial charge in [0.1, 0.15) is 11.6 Å². The zero-order valence-corrected chi connectivity index (χ0v) is 27.3. The summed E-state index contributed by atoms with van der Waals surface area (Å²) in [5.41, 5.74) is 5.88. The number of alkyl carbamates (subject to hydrolysis) is 1. The van der Waals surface area contributed by atoms with Gasteiger partial charge in [-0.05, 0) is 28.9 Å². The zero-order chi connectivity index (χ0) is 32.2. The van der Waals surface area contributed by atoms with Gasteiger partial charge in [-0.1, -0.05) is 97.0 Å². The van der Waals surface area contributed by atoms with Crippen LogP contribution < -0.4 is 10.6 Å². The van der Waals surface area contributed by atoms with Gasteiger partial charge in [0.2, 0.25) is 5.91 Å². The maximum atomic E-state index is 13.1. The van der Waals surface area contributed by atoms with Crippen LogP contribution in [0.1, 0.15) is 73.1 Å². The molecule has 2 aromatic heterocycles. The van der Waals surface area contributed by atoms with E-state index in [0.717, 1.165) is 45.9 Å². The van der Waals surface area contributed by atoms with Gasteiger partial charge < -0.3 is 25.3 Å². The Kier molecular flexibility index (Phi) is 9.66. The number of benzene rings is 2. The van der Waals surface area contributed by atoms with E-state index in [2.05, 4.69) is 115 Å². The summed E-state index contributed by atoms with van der Waals surface area (Å²) in [5.74, 6) is 1.02. The van der Waals surface area contributed by atoms with Gasteiger partial charge in [0.25, 0.3) is 0 Å². The van der Waals surface area contributed by atoms with E-state index in [-0.39, 0.29) is 22.8 Å². The summed E-state index contributed by atoms with van der Waals surface area (Å²) < 4.78 is 4.67. The van der Waals surface area contributed by atoms with Gasteiger partial charge in [-0.3, -0.25) is 4.79 Å². The number of hydrogen-bond donors (Lipinski definition) is 4. The van der Waals surface area contributed by atoms with E-state index in [1.54, 1.807) is 13.8 Å². The fourth-order valence-electron chi connectivity index (χ4n) is 4.97. The second kappa shape index (κ2) is 13.1. The third-order valence-corrected chi connectivity index (χ3v) is 7.74. The van der Waals surface area contributed by atoms with Gasteiger partial charge in [0, 0.05) is 36.0 Å². The van der Waals surface area contributed by atoms with Crippen LogP contribution in [0.4, 0.5) is 4.79 Å². The van der Waals surface area contributed by atoms with Crippen LogP contribution in [-0.2, 0) is 16.0 Å². The molecule has 4 rings (SSSR count). The topological polar surface area (TPSA) is 125 Å². The Morgan fingerprint density at radius 3 is 1.77 bits per heavy atom. The molecule has 0 spiro atoms. The van der Waals surface area contributed by atoms with E-state index in [9.17, 15) is 9.59 Å². The molecule has 44 heavy (non-hydrogen) atoms. The number of methoxy groups -OCH3 is 1. The zero-order valence-electron chi connectivity index (χ0n) is 27.3. The first kappa shape index (κ1) is 32.5. The van der Waals surface area contributed by atoms with E-state index < -0.39 is 18.1 Å². The average Bonchev–Trinajstić information content (AvgIpc) is 3.64. The number of hydrogen-bond acceptors (Lipinski definition) is 5. The number of amides is 2. The van der Waals surface area contributed by atoms with Crippen LogP contribution in [-0.4, -0.2) is 45.1 Å². The number of aromatic nitrogens is 4. The van der Waals surface area contributed by atoms with Crippen LogP contribution in [0, 0.1) is 16.7 Å². The highest BCUT2D eigenvalue weighted by Crippen LogP contribution is 2.33. The smallest absolute Gasteiger partial charge is 0.407 e. The number of imidazole rings is 2. The molecule has 0 saturated heterocycles. The minimum Gasteiger partial charge on any atom is -0.453 e. The van der Waals surface area contributed by atoms with Gasteiger partial charge in [-0.15, -0.1) is 0 Å². The molecule has 0 saturated carbocycles. The molecule has 4 aromatic rings. The molecule has 9 nitrogen and oxygen atoms in total. The summed E-state index contributed by atoms with van der Waals surface area (Å²) in [5, 5.41) is 5.81. The molecule has 4 N–H and O–H groups in total. The SMILES string of the molecule is COC(=O)NC(C)C(C)C(=O)NC(c1nc(-c2ccc(-c3ccc(-c4c[nH]c(CC(C)(C)C)n4)cc3)cc2)c[nH]1)C(C)(C)C. The maximum Gasteiger partial charge on any atom is 0.407 e. The van der Waals surface area contributed by atoms with Crippen molar-refractivity contribution in [2.75, 3.05) is 7.11 Å². The molecule has 0 bridgehead atoms. The number of H-pyrrole nitrogens is 2. The molecule has 3 unspecified atom stereocenters. The van der Waals surface area contributed by atoms with Gasteiger partial charge in [-0.2, -0.15) is 0 Å². The summed E-state index contributed by atoms with van der Waals surface area (Å²) in [6.07, 6.45) is 4.17. The Morgan fingerprint density at radius 2 is 1.27 bits per heavy atom. The molecule has 234 valence electrons. The van der Waals surface area contributed by atoms with Crippen molar-refractivity contribution >= 4 is 12.0 Å². The van der Waals surface area contributed by atoms with Crippen LogP contribution in [0.2, 0.25) is 0 Å². The summed E-state index contributed by atoms with van der Waals surface area (Å²) in [6, 6.07) is 16.0. The Bertz CT molecular complexity index is 1560. The van der Waals surface area contributed by atoms with Crippen molar-refractivity contribution < 1.29 is 14.3 Å². The molecule has 2 heterocycles. The normalized spacial score (nSPS) is 14.0. The van der Waals surface area contributed by atoms with Crippen molar-refractivity contribution in [3.8, 4) is 33.6 Å². The summed E-state index contributed by atoms with van der Waals surface area (Å²) in [7, 11) is 1.30. The molecule has 0 fully saturated rings. The molecule has 2 aromatic carbocycles. The number of nitrogens with one attached hydrogen (secondary N) is 4. The van der Waals surface area contributed by atoms with E-state index in [0.29, 0.717) is 5.82 Å². The third-order valence-electron chi connectivity index (χ3n) is 7.74. The van der Waals surface area contributed by atoms with Crippen molar-refractivity contribution in [2.45, 2.75) is 73.9 Å². The molecule has 0 radical (unpaired) electrons. The van der Waals surface area contributed by atoms with Crippen LogP contribution in [0.5, 0.6) is 0 Å². The lowest BCUT2D eigenvalue weighted by Gasteiger charge is -2.31. The Balaban J connectivity index is 1.45. The number of ether oxygens (including phenoxy) is 1. The number of rotatable bonds is 9. The average molecular weight is 599 g/mol. The van der Waals surface area contributed by atoms with E-state index >= 15 is 0 Å². The van der Waals surface area contributed by atoms with Crippen LogP contribution in [0.3, 0.4) is 0 Å². The van der Waals surface area contributed by atoms with Crippen LogP contribution in [0.25, 0.3) is 33.6 Å². The van der Waals surface area contributed by atoms with E-state index in [1.165, 1.54) is 7.11 Å². The summed E-state index contributed by atoms with van der Waals surface area (Å²) in [6.45, 7) is 16.3. The molecule has 0 aliphatic heterocycles. The van der Waals surface area contributed by atoms with Crippen molar-refractivity contribution in [1.82, 2.24) is 30.6 Å². The van der Waals surface area contributed by atoms with Gasteiger partial charge in [0.15, 0.2) is 0 Å². The lowest BCUT2D eigenvalue weighted by Crippen LogP contribution is -2.46. The predicted octanol–water partition coefficient (Wildman–Crippen LogP) is 7.31. The largest absolute Gasteiger partial charge is 0.453 e.